The molecule has 22 heavy (non-hydrogen) atoms. The van der Waals surface area contributed by atoms with Gasteiger partial charge in [-0.05, 0) is 45.7 Å². The van der Waals surface area contributed by atoms with E-state index in [9.17, 15) is 4.79 Å². The van der Waals surface area contributed by atoms with Crippen molar-refractivity contribution in [3.63, 3.8) is 0 Å². The Labute approximate surface area is 136 Å². The van der Waals surface area contributed by atoms with E-state index in [0.29, 0.717) is 5.69 Å². The maximum absolute atomic E-state index is 12.5. The molecule has 0 aliphatic rings. The van der Waals surface area contributed by atoms with Gasteiger partial charge >= 0.3 is 0 Å². The molecule has 5 heteroatoms. The highest BCUT2D eigenvalue weighted by molar-refractivity contribution is 7.12. The number of thiophene rings is 1. The summed E-state index contributed by atoms with van der Waals surface area (Å²) in [5, 5.41) is 7.69. The number of hydrogen-bond acceptors (Lipinski definition) is 3. The normalized spacial score (nSPS) is 12.4. The van der Waals surface area contributed by atoms with Crippen molar-refractivity contribution in [2.75, 3.05) is 0 Å². The van der Waals surface area contributed by atoms with Crippen molar-refractivity contribution in [2.45, 2.75) is 60.0 Å². The van der Waals surface area contributed by atoms with Gasteiger partial charge in [-0.2, -0.15) is 5.10 Å². The van der Waals surface area contributed by atoms with E-state index in [2.05, 4.69) is 44.2 Å². The smallest absolute Gasteiger partial charge is 0.269 e. The number of hydrogen-bond donors (Lipinski definition) is 1. The number of rotatable bonds is 6. The van der Waals surface area contributed by atoms with Gasteiger partial charge in [-0.15, -0.1) is 11.3 Å². The zero-order valence-corrected chi connectivity index (χ0v) is 14.9. The number of aryl methyl sites for hydroxylation is 3. The fraction of sp³-hybridized carbons (Fsp3) is 0.529. The van der Waals surface area contributed by atoms with Gasteiger partial charge in [-0.25, -0.2) is 0 Å². The molecule has 2 aromatic heterocycles. The Morgan fingerprint density at radius 1 is 1.36 bits per heavy atom. The largest absolute Gasteiger partial charge is 0.348 e. The lowest BCUT2D eigenvalue weighted by Crippen LogP contribution is -2.33. The summed E-state index contributed by atoms with van der Waals surface area (Å²) in [6, 6.07) is 4.24. The molecule has 0 aromatic carbocycles. The average molecular weight is 319 g/mol. The second-order valence-electron chi connectivity index (χ2n) is 5.75. The van der Waals surface area contributed by atoms with Crippen LogP contribution in [-0.4, -0.2) is 21.7 Å². The van der Waals surface area contributed by atoms with Crippen molar-refractivity contribution in [3.8, 4) is 11.3 Å². The zero-order chi connectivity index (χ0) is 16.3. The van der Waals surface area contributed by atoms with Gasteiger partial charge < -0.3 is 5.32 Å². The Bertz CT molecular complexity index is 657. The lowest BCUT2D eigenvalue weighted by atomic mass is 10.1. The molecule has 0 aliphatic carbocycles. The summed E-state index contributed by atoms with van der Waals surface area (Å²) in [7, 11) is 0. The van der Waals surface area contributed by atoms with Crippen molar-refractivity contribution >= 4 is 17.2 Å². The minimum atomic E-state index is -0.0360. The third-order valence-corrected chi connectivity index (χ3v) is 4.72. The Kier molecular flexibility index (Phi) is 5.40. The number of nitrogens with one attached hydrogen (secondary N) is 1. The summed E-state index contributed by atoms with van der Waals surface area (Å²) in [6.07, 6.45) is 1.87. The van der Waals surface area contributed by atoms with E-state index in [-0.39, 0.29) is 11.9 Å². The van der Waals surface area contributed by atoms with E-state index in [4.69, 9.17) is 0 Å². The van der Waals surface area contributed by atoms with Crippen LogP contribution in [0.25, 0.3) is 11.3 Å². The molecular formula is C17H25N3OS. The van der Waals surface area contributed by atoms with E-state index in [1.807, 2.05) is 17.7 Å². The molecule has 0 unspecified atom stereocenters. The van der Waals surface area contributed by atoms with Crippen LogP contribution in [-0.2, 0) is 6.54 Å². The Balaban J connectivity index is 2.37. The van der Waals surface area contributed by atoms with Gasteiger partial charge in [-0.1, -0.05) is 13.8 Å². The first-order valence-corrected chi connectivity index (χ1v) is 8.74. The van der Waals surface area contributed by atoms with Crippen LogP contribution in [0.2, 0.25) is 0 Å². The molecule has 120 valence electrons. The molecule has 1 N–H and O–H groups in total. The summed E-state index contributed by atoms with van der Waals surface area (Å²) in [5.41, 5.74) is 2.68. The van der Waals surface area contributed by atoms with Gasteiger partial charge in [0.05, 0.1) is 5.69 Å². The third kappa shape index (κ3) is 3.58. The van der Waals surface area contributed by atoms with Gasteiger partial charge in [0.2, 0.25) is 0 Å². The fourth-order valence-electron chi connectivity index (χ4n) is 2.40. The van der Waals surface area contributed by atoms with Crippen LogP contribution in [0.3, 0.4) is 0 Å². The van der Waals surface area contributed by atoms with Gasteiger partial charge in [0.1, 0.15) is 5.69 Å². The van der Waals surface area contributed by atoms with E-state index < -0.39 is 0 Å². The summed E-state index contributed by atoms with van der Waals surface area (Å²) in [4.78, 5) is 15.0. The van der Waals surface area contributed by atoms with Crippen LogP contribution in [0.1, 0.15) is 53.9 Å². The Morgan fingerprint density at radius 3 is 2.64 bits per heavy atom. The molecule has 0 saturated heterocycles. The minimum Gasteiger partial charge on any atom is -0.348 e. The van der Waals surface area contributed by atoms with Crippen LogP contribution >= 0.6 is 11.3 Å². The molecule has 0 saturated carbocycles. The first kappa shape index (κ1) is 16.7. The fourth-order valence-corrected chi connectivity index (χ4v) is 3.33. The molecule has 0 spiro atoms. The lowest BCUT2D eigenvalue weighted by Gasteiger charge is -2.12. The van der Waals surface area contributed by atoms with Crippen LogP contribution in [0, 0.1) is 13.8 Å². The number of amides is 1. The molecule has 2 heterocycles. The maximum atomic E-state index is 12.5. The first-order valence-electron chi connectivity index (χ1n) is 7.92. The summed E-state index contributed by atoms with van der Waals surface area (Å²) >= 11 is 1.77. The zero-order valence-electron chi connectivity index (χ0n) is 14.1. The highest BCUT2D eigenvalue weighted by Gasteiger charge is 2.18. The van der Waals surface area contributed by atoms with Crippen LogP contribution in [0.4, 0.5) is 0 Å². The topological polar surface area (TPSA) is 46.9 Å². The van der Waals surface area contributed by atoms with Crippen molar-refractivity contribution < 1.29 is 4.79 Å². The second kappa shape index (κ2) is 7.09. The molecule has 2 rings (SSSR count). The van der Waals surface area contributed by atoms with Crippen LogP contribution in [0.15, 0.2) is 12.1 Å². The lowest BCUT2D eigenvalue weighted by molar-refractivity contribution is 0.0928. The molecule has 0 bridgehead atoms. The molecule has 1 atom stereocenters. The summed E-state index contributed by atoms with van der Waals surface area (Å²) in [5.74, 6) is -0.0360. The van der Waals surface area contributed by atoms with Crippen molar-refractivity contribution in [2.24, 2.45) is 0 Å². The molecule has 0 fully saturated rings. The molecule has 1 amide bonds. The molecule has 0 radical (unpaired) electrons. The van der Waals surface area contributed by atoms with Crippen molar-refractivity contribution in [1.29, 1.82) is 0 Å². The monoisotopic (exact) mass is 319 g/mol. The van der Waals surface area contributed by atoms with Gasteiger partial charge in [0.25, 0.3) is 5.91 Å². The van der Waals surface area contributed by atoms with Crippen molar-refractivity contribution in [1.82, 2.24) is 15.1 Å². The maximum Gasteiger partial charge on any atom is 0.269 e. The quantitative estimate of drug-likeness (QED) is 0.868. The molecule has 0 aliphatic heterocycles. The van der Waals surface area contributed by atoms with Crippen LogP contribution < -0.4 is 5.32 Å². The highest BCUT2D eigenvalue weighted by atomic mass is 32.1. The standard InChI is InChI=1S/C17H25N3OS/c1-6-8-20-16(17(21)18-11(3)7-2)10-15(19-20)14-9-12(4)22-13(14)5/h9-11H,6-8H2,1-5H3,(H,18,21)/t11-/m1/s1. The van der Waals surface area contributed by atoms with E-state index in [0.717, 1.165) is 30.6 Å². The number of carbonyl (C=O) groups excluding carboxylic acids is 1. The Hall–Kier alpha value is -1.62. The van der Waals surface area contributed by atoms with Crippen molar-refractivity contribution in [3.05, 3.63) is 27.6 Å². The third-order valence-electron chi connectivity index (χ3n) is 3.75. The summed E-state index contributed by atoms with van der Waals surface area (Å²) < 4.78 is 1.83. The molecule has 2 aromatic rings. The Morgan fingerprint density at radius 2 is 2.09 bits per heavy atom. The van der Waals surface area contributed by atoms with E-state index in [1.54, 1.807) is 11.3 Å². The van der Waals surface area contributed by atoms with Gasteiger partial charge in [0.15, 0.2) is 0 Å². The second-order valence-corrected chi connectivity index (χ2v) is 7.21. The molecule has 4 nitrogen and oxygen atoms in total. The predicted octanol–water partition coefficient (Wildman–Crippen LogP) is 4.17. The highest BCUT2D eigenvalue weighted by Crippen LogP contribution is 2.30. The average Bonchev–Trinajstić information content (AvgIpc) is 3.02. The van der Waals surface area contributed by atoms with Crippen LogP contribution in [0.5, 0.6) is 0 Å². The summed E-state index contributed by atoms with van der Waals surface area (Å²) in [6.45, 7) is 11.1. The number of aromatic nitrogens is 2. The number of nitrogens with zero attached hydrogens (tertiary/aromatic N) is 2. The van der Waals surface area contributed by atoms with Gasteiger partial charge in [-0.3, -0.25) is 9.48 Å². The minimum absolute atomic E-state index is 0.0360. The SMILES string of the molecule is CCCn1nc(-c2cc(C)sc2C)cc1C(=O)N[C@H](C)CC. The predicted molar refractivity (Wildman–Crippen MR) is 92.5 cm³/mol. The molecular weight excluding hydrogens is 294 g/mol. The van der Waals surface area contributed by atoms with E-state index >= 15 is 0 Å². The first-order chi connectivity index (χ1) is 10.5. The van der Waals surface area contributed by atoms with E-state index in [1.165, 1.54) is 9.75 Å². The van der Waals surface area contributed by atoms with Gasteiger partial charge in [0, 0.05) is 27.9 Å². The number of carbonyl (C=O) groups is 1.